The second kappa shape index (κ2) is 6.13. The minimum atomic E-state index is 0.347. The highest BCUT2D eigenvalue weighted by Crippen LogP contribution is 2.47. The molecular weight excluding hydrogens is 234 g/mol. The van der Waals surface area contributed by atoms with Crippen molar-refractivity contribution < 1.29 is 4.74 Å². The van der Waals surface area contributed by atoms with Crippen molar-refractivity contribution in [2.75, 3.05) is 6.61 Å². The molecule has 0 aliphatic heterocycles. The Kier molecular flexibility index (Phi) is 4.94. The number of rotatable bonds is 6. The van der Waals surface area contributed by atoms with Crippen molar-refractivity contribution in [2.45, 2.75) is 84.9 Å². The van der Waals surface area contributed by atoms with Gasteiger partial charge in [-0.25, -0.2) is 0 Å². The molecule has 6 unspecified atom stereocenters. The maximum absolute atomic E-state index is 5.91. The maximum Gasteiger partial charge on any atom is 0.0658 e. The number of hydrogen-bond acceptors (Lipinski definition) is 2. The van der Waals surface area contributed by atoms with Crippen molar-refractivity contribution in [3.8, 4) is 0 Å². The van der Waals surface area contributed by atoms with Crippen LogP contribution in [0.2, 0.25) is 0 Å². The molecule has 112 valence electrons. The summed E-state index contributed by atoms with van der Waals surface area (Å²) in [7, 11) is 0. The van der Waals surface area contributed by atoms with Crippen molar-refractivity contribution >= 4 is 0 Å². The van der Waals surface area contributed by atoms with Crippen LogP contribution in [0.15, 0.2) is 0 Å². The highest BCUT2D eigenvalue weighted by molar-refractivity contribution is 5.06. The van der Waals surface area contributed by atoms with Crippen LogP contribution in [0.3, 0.4) is 0 Å². The monoisotopic (exact) mass is 267 g/mol. The summed E-state index contributed by atoms with van der Waals surface area (Å²) in [6, 6.07) is 1.40. The molecule has 19 heavy (non-hydrogen) atoms. The van der Waals surface area contributed by atoms with Gasteiger partial charge in [0.15, 0.2) is 0 Å². The highest BCUT2D eigenvalue weighted by Gasteiger charge is 2.52. The summed E-state index contributed by atoms with van der Waals surface area (Å²) in [6.07, 6.45) is 7.02. The van der Waals surface area contributed by atoms with Gasteiger partial charge in [-0.3, -0.25) is 0 Å². The fraction of sp³-hybridized carbons (Fsp3) is 1.00. The molecule has 6 atom stereocenters. The van der Waals surface area contributed by atoms with Gasteiger partial charge in [0.1, 0.15) is 0 Å². The van der Waals surface area contributed by atoms with Crippen LogP contribution in [0, 0.1) is 17.3 Å². The first-order valence-corrected chi connectivity index (χ1v) is 8.44. The van der Waals surface area contributed by atoms with Gasteiger partial charge in [0.05, 0.1) is 6.10 Å². The molecule has 0 bridgehead atoms. The van der Waals surface area contributed by atoms with Gasteiger partial charge in [-0.05, 0) is 44.4 Å². The van der Waals surface area contributed by atoms with Crippen molar-refractivity contribution in [1.29, 1.82) is 0 Å². The molecule has 2 heteroatoms. The zero-order valence-corrected chi connectivity index (χ0v) is 13.5. The van der Waals surface area contributed by atoms with Gasteiger partial charge in [-0.1, -0.05) is 34.1 Å². The first-order valence-electron chi connectivity index (χ1n) is 8.44. The minimum Gasteiger partial charge on any atom is -0.378 e. The molecular formula is C17H33NO. The minimum absolute atomic E-state index is 0.347. The lowest BCUT2D eigenvalue weighted by atomic mass is 9.61. The third-order valence-electron chi connectivity index (χ3n) is 6.28. The van der Waals surface area contributed by atoms with Crippen LogP contribution in [-0.4, -0.2) is 24.8 Å². The zero-order valence-electron chi connectivity index (χ0n) is 13.5. The van der Waals surface area contributed by atoms with Gasteiger partial charge >= 0.3 is 0 Å². The molecule has 1 N–H and O–H groups in total. The Morgan fingerprint density at radius 1 is 1.21 bits per heavy atom. The van der Waals surface area contributed by atoms with E-state index in [1.54, 1.807) is 0 Å². The standard InChI is InChI=1S/C17H33NO/c1-6-13-9-10-14(12(13)4)18-15-11-16(19-8-3)17(15,5)7-2/h12-16,18H,6-11H2,1-5H3. The van der Waals surface area contributed by atoms with Crippen LogP contribution in [0.25, 0.3) is 0 Å². The SMILES string of the molecule is CCOC1CC(NC2CCC(CC)C2C)C1(C)CC. The fourth-order valence-corrected chi connectivity index (χ4v) is 4.33. The Labute approximate surface area is 119 Å². The van der Waals surface area contributed by atoms with E-state index in [2.05, 4.69) is 39.9 Å². The fourth-order valence-electron chi connectivity index (χ4n) is 4.33. The lowest BCUT2D eigenvalue weighted by Crippen LogP contribution is -2.64. The lowest BCUT2D eigenvalue weighted by molar-refractivity contribution is -0.128. The summed E-state index contributed by atoms with van der Waals surface area (Å²) in [6.45, 7) is 12.5. The van der Waals surface area contributed by atoms with Crippen LogP contribution >= 0.6 is 0 Å². The van der Waals surface area contributed by atoms with Gasteiger partial charge < -0.3 is 10.1 Å². The predicted molar refractivity (Wildman–Crippen MR) is 81.3 cm³/mol. The van der Waals surface area contributed by atoms with E-state index in [1.165, 1.54) is 32.1 Å². The molecule has 0 radical (unpaired) electrons. The molecule has 0 heterocycles. The normalized spacial score (nSPS) is 46.3. The Balaban J connectivity index is 1.90. The van der Waals surface area contributed by atoms with Crippen LogP contribution in [0.1, 0.15) is 66.7 Å². The molecule has 0 aromatic heterocycles. The van der Waals surface area contributed by atoms with Crippen LogP contribution in [0.4, 0.5) is 0 Å². The van der Waals surface area contributed by atoms with E-state index in [0.717, 1.165) is 24.5 Å². The molecule has 2 fully saturated rings. The Hall–Kier alpha value is -0.0800. The third-order valence-corrected chi connectivity index (χ3v) is 6.28. The molecule has 0 saturated heterocycles. The van der Waals surface area contributed by atoms with Crippen molar-refractivity contribution in [1.82, 2.24) is 5.32 Å². The van der Waals surface area contributed by atoms with Crippen LogP contribution in [0.5, 0.6) is 0 Å². The predicted octanol–water partition coefficient (Wildman–Crippen LogP) is 3.99. The molecule has 0 spiro atoms. The van der Waals surface area contributed by atoms with Gasteiger partial charge in [-0.15, -0.1) is 0 Å². The smallest absolute Gasteiger partial charge is 0.0658 e. The van der Waals surface area contributed by atoms with Crippen LogP contribution in [-0.2, 0) is 4.74 Å². The maximum atomic E-state index is 5.91. The molecule has 2 rings (SSSR count). The van der Waals surface area contributed by atoms with Gasteiger partial charge in [0.25, 0.3) is 0 Å². The van der Waals surface area contributed by atoms with Crippen LogP contribution < -0.4 is 5.32 Å². The third kappa shape index (κ3) is 2.71. The Morgan fingerprint density at radius 2 is 1.95 bits per heavy atom. The average Bonchev–Trinajstić information content (AvgIpc) is 2.77. The quantitative estimate of drug-likeness (QED) is 0.785. The molecule has 2 aliphatic carbocycles. The number of nitrogens with one attached hydrogen (secondary N) is 1. The lowest BCUT2D eigenvalue weighted by Gasteiger charge is -2.55. The molecule has 0 aromatic rings. The van der Waals surface area contributed by atoms with E-state index in [9.17, 15) is 0 Å². The first-order chi connectivity index (χ1) is 9.06. The summed E-state index contributed by atoms with van der Waals surface area (Å²) in [5, 5.41) is 3.98. The number of ether oxygens (including phenoxy) is 1. The molecule has 2 saturated carbocycles. The van der Waals surface area contributed by atoms with E-state index in [0.29, 0.717) is 17.6 Å². The van der Waals surface area contributed by atoms with E-state index in [4.69, 9.17) is 4.74 Å². The van der Waals surface area contributed by atoms with Gasteiger partial charge in [0.2, 0.25) is 0 Å². The molecule has 2 nitrogen and oxygen atoms in total. The highest BCUT2D eigenvalue weighted by atomic mass is 16.5. The average molecular weight is 267 g/mol. The number of hydrogen-bond donors (Lipinski definition) is 1. The van der Waals surface area contributed by atoms with E-state index < -0.39 is 0 Å². The Morgan fingerprint density at radius 3 is 2.47 bits per heavy atom. The van der Waals surface area contributed by atoms with Crippen molar-refractivity contribution in [2.24, 2.45) is 17.3 Å². The first kappa shape index (κ1) is 15.3. The van der Waals surface area contributed by atoms with Crippen molar-refractivity contribution in [3.63, 3.8) is 0 Å². The molecule has 0 aromatic carbocycles. The summed E-state index contributed by atoms with van der Waals surface area (Å²) in [4.78, 5) is 0. The summed E-state index contributed by atoms with van der Waals surface area (Å²) >= 11 is 0. The molecule has 2 aliphatic rings. The zero-order chi connectivity index (χ0) is 14.0. The van der Waals surface area contributed by atoms with Gasteiger partial charge in [0, 0.05) is 24.1 Å². The van der Waals surface area contributed by atoms with E-state index in [-0.39, 0.29) is 0 Å². The summed E-state index contributed by atoms with van der Waals surface area (Å²) in [5.41, 5.74) is 0.347. The Bertz CT molecular complexity index is 293. The van der Waals surface area contributed by atoms with Gasteiger partial charge in [-0.2, -0.15) is 0 Å². The topological polar surface area (TPSA) is 21.3 Å². The molecule has 0 amide bonds. The second-order valence-corrected chi connectivity index (χ2v) is 6.97. The second-order valence-electron chi connectivity index (χ2n) is 6.97. The summed E-state index contributed by atoms with van der Waals surface area (Å²) < 4.78 is 5.91. The largest absolute Gasteiger partial charge is 0.378 e. The summed E-state index contributed by atoms with van der Waals surface area (Å²) in [5.74, 6) is 1.78. The van der Waals surface area contributed by atoms with E-state index >= 15 is 0 Å². The van der Waals surface area contributed by atoms with Crippen molar-refractivity contribution in [3.05, 3.63) is 0 Å². The van der Waals surface area contributed by atoms with E-state index in [1.807, 2.05) is 0 Å².